The molecule has 5 rings (SSSR count). The number of nitrogens with zero attached hydrogens (tertiary/aromatic N) is 5. The fourth-order valence-electron chi connectivity index (χ4n) is 3.43. The summed E-state index contributed by atoms with van der Waals surface area (Å²) in [4.78, 5) is 5.98. The SMILES string of the molecule is COc1ccc(-c2nc(C)c(C(C)Nc3ccc4nnc(C5CC5)n4n3)s2)cc1. The van der Waals surface area contributed by atoms with Crippen molar-refractivity contribution in [2.24, 2.45) is 0 Å². The summed E-state index contributed by atoms with van der Waals surface area (Å²) >= 11 is 1.70. The fraction of sp³-hybridized carbons (Fsp3) is 0.333. The van der Waals surface area contributed by atoms with E-state index in [2.05, 4.69) is 29.4 Å². The van der Waals surface area contributed by atoms with Crippen LogP contribution in [0, 0.1) is 6.92 Å². The highest BCUT2D eigenvalue weighted by Crippen LogP contribution is 2.39. The van der Waals surface area contributed by atoms with Gasteiger partial charge in [0.2, 0.25) is 0 Å². The molecule has 3 heterocycles. The predicted molar refractivity (Wildman–Crippen MR) is 114 cm³/mol. The third kappa shape index (κ3) is 3.44. The minimum absolute atomic E-state index is 0.0882. The number of rotatable bonds is 6. The van der Waals surface area contributed by atoms with Crippen LogP contribution in [0.4, 0.5) is 5.82 Å². The molecule has 1 unspecified atom stereocenters. The van der Waals surface area contributed by atoms with E-state index in [0.717, 1.165) is 39.3 Å². The first-order valence-electron chi connectivity index (χ1n) is 9.73. The number of nitrogens with one attached hydrogen (secondary N) is 1. The first-order chi connectivity index (χ1) is 14.1. The van der Waals surface area contributed by atoms with E-state index in [1.54, 1.807) is 18.4 Å². The molecular weight excluding hydrogens is 384 g/mol. The Balaban J connectivity index is 1.39. The van der Waals surface area contributed by atoms with Crippen molar-refractivity contribution >= 4 is 22.8 Å². The van der Waals surface area contributed by atoms with Crippen LogP contribution >= 0.6 is 11.3 Å². The van der Waals surface area contributed by atoms with Gasteiger partial charge in [0.15, 0.2) is 11.5 Å². The summed E-state index contributed by atoms with van der Waals surface area (Å²) in [6.07, 6.45) is 2.34. The predicted octanol–water partition coefficient (Wildman–Crippen LogP) is 4.62. The van der Waals surface area contributed by atoms with Gasteiger partial charge in [-0.1, -0.05) is 0 Å². The molecular formula is C21H22N6OS. The fourth-order valence-corrected chi connectivity index (χ4v) is 4.51. The number of aromatic nitrogens is 5. The standard InChI is InChI=1S/C21H22N6OS/c1-12(19-13(2)23-21(29-19)15-6-8-16(28-3)9-7-15)22-17-10-11-18-24-25-20(14-4-5-14)27(18)26-17/h6-12,14H,4-5H2,1-3H3,(H,22,26). The molecule has 0 radical (unpaired) electrons. The molecule has 29 heavy (non-hydrogen) atoms. The van der Waals surface area contributed by atoms with Crippen molar-refractivity contribution in [3.05, 3.63) is 52.8 Å². The maximum atomic E-state index is 5.25. The monoisotopic (exact) mass is 406 g/mol. The summed E-state index contributed by atoms with van der Waals surface area (Å²) in [5, 5.41) is 17.8. The maximum Gasteiger partial charge on any atom is 0.178 e. The number of benzene rings is 1. The number of hydrogen-bond acceptors (Lipinski definition) is 7. The van der Waals surface area contributed by atoms with E-state index in [9.17, 15) is 0 Å². The van der Waals surface area contributed by atoms with Crippen LogP contribution in [0.2, 0.25) is 0 Å². The van der Waals surface area contributed by atoms with Crippen LogP contribution < -0.4 is 10.1 Å². The third-order valence-electron chi connectivity index (χ3n) is 5.16. The molecule has 1 N–H and O–H groups in total. The average Bonchev–Trinajstić information content (AvgIpc) is 3.37. The summed E-state index contributed by atoms with van der Waals surface area (Å²) in [6.45, 7) is 4.19. The van der Waals surface area contributed by atoms with Gasteiger partial charge in [0.25, 0.3) is 0 Å². The van der Waals surface area contributed by atoms with Gasteiger partial charge in [-0.3, -0.25) is 0 Å². The molecule has 148 valence electrons. The zero-order valence-corrected chi connectivity index (χ0v) is 17.4. The molecule has 1 aromatic carbocycles. The topological polar surface area (TPSA) is 77.2 Å². The van der Waals surface area contributed by atoms with E-state index in [0.29, 0.717) is 5.92 Å². The van der Waals surface area contributed by atoms with E-state index in [-0.39, 0.29) is 6.04 Å². The van der Waals surface area contributed by atoms with Gasteiger partial charge in [-0.2, -0.15) is 4.52 Å². The summed E-state index contributed by atoms with van der Waals surface area (Å²) in [7, 11) is 1.67. The van der Waals surface area contributed by atoms with E-state index in [1.165, 1.54) is 17.7 Å². The highest BCUT2D eigenvalue weighted by molar-refractivity contribution is 7.15. The Kier molecular flexibility index (Phi) is 4.43. The summed E-state index contributed by atoms with van der Waals surface area (Å²) in [6, 6.07) is 12.0. The molecule has 7 nitrogen and oxygen atoms in total. The second-order valence-corrected chi connectivity index (χ2v) is 8.41. The van der Waals surface area contributed by atoms with Gasteiger partial charge >= 0.3 is 0 Å². The van der Waals surface area contributed by atoms with Crippen molar-refractivity contribution in [1.29, 1.82) is 0 Å². The van der Waals surface area contributed by atoms with Gasteiger partial charge < -0.3 is 10.1 Å². The van der Waals surface area contributed by atoms with Gasteiger partial charge in [0.05, 0.1) is 18.8 Å². The van der Waals surface area contributed by atoms with Crippen molar-refractivity contribution in [2.45, 2.75) is 38.6 Å². The molecule has 0 amide bonds. The van der Waals surface area contributed by atoms with Crippen molar-refractivity contribution in [1.82, 2.24) is 24.8 Å². The summed E-state index contributed by atoms with van der Waals surface area (Å²) < 4.78 is 7.12. The molecule has 0 spiro atoms. The quantitative estimate of drug-likeness (QED) is 0.504. The van der Waals surface area contributed by atoms with Gasteiger partial charge in [-0.25, -0.2) is 4.98 Å². The number of hydrogen-bond donors (Lipinski definition) is 1. The second kappa shape index (κ2) is 7.11. The molecule has 1 fully saturated rings. The van der Waals surface area contributed by atoms with Crippen LogP contribution in [0.1, 0.15) is 48.1 Å². The first kappa shape index (κ1) is 18.1. The largest absolute Gasteiger partial charge is 0.497 e. The van der Waals surface area contributed by atoms with Crippen molar-refractivity contribution < 1.29 is 4.74 Å². The van der Waals surface area contributed by atoms with Gasteiger partial charge in [0.1, 0.15) is 16.6 Å². The number of ether oxygens (including phenoxy) is 1. The van der Waals surface area contributed by atoms with E-state index in [4.69, 9.17) is 14.8 Å². The highest BCUT2D eigenvalue weighted by atomic mass is 32.1. The Bertz CT molecular complexity index is 1160. The molecule has 1 aliphatic carbocycles. The van der Waals surface area contributed by atoms with E-state index in [1.807, 2.05) is 40.9 Å². The zero-order chi connectivity index (χ0) is 20.0. The van der Waals surface area contributed by atoms with Gasteiger partial charge in [-0.05, 0) is 63.1 Å². The van der Waals surface area contributed by atoms with Gasteiger partial charge in [-0.15, -0.1) is 26.6 Å². The molecule has 8 heteroatoms. The lowest BCUT2D eigenvalue weighted by Crippen LogP contribution is -2.10. The van der Waals surface area contributed by atoms with Crippen molar-refractivity contribution in [3.8, 4) is 16.3 Å². The van der Waals surface area contributed by atoms with Crippen molar-refractivity contribution in [3.63, 3.8) is 0 Å². The number of thiazole rings is 1. The Labute approximate surface area is 172 Å². The minimum Gasteiger partial charge on any atom is -0.497 e. The van der Waals surface area contributed by atoms with Crippen LogP contribution in [0.25, 0.3) is 16.2 Å². The Morgan fingerprint density at radius 2 is 1.93 bits per heavy atom. The molecule has 0 bridgehead atoms. The minimum atomic E-state index is 0.0882. The highest BCUT2D eigenvalue weighted by Gasteiger charge is 2.29. The third-order valence-corrected chi connectivity index (χ3v) is 6.55. The molecule has 0 saturated heterocycles. The van der Waals surface area contributed by atoms with Crippen LogP contribution in [-0.4, -0.2) is 31.9 Å². The summed E-state index contributed by atoms with van der Waals surface area (Å²) in [5.41, 5.74) is 2.92. The molecule has 1 saturated carbocycles. The average molecular weight is 407 g/mol. The number of methoxy groups -OCH3 is 1. The second-order valence-electron chi connectivity index (χ2n) is 7.38. The van der Waals surface area contributed by atoms with Crippen LogP contribution in [-0.2, 0) is 0 Å². The molecule has 0 aliphatic heterocycles. The molecule has 1 aliphatic rings. The van der Waals surface area contributed by atoms with Crippen LogP contribution in [0.15, 0.2) is 36.4 Å². The maximum absolute atomic E-state index is 5.25. The Hall–Kier alpha value is -3.00. The first-order valence-corrected chi connectivity index (χ1v) is 10.5. The Morgan fingerprint density at radius 1 is 1.14 bits per heavy atom. The lowest BCUT2D eigenvalue weighted by Gasteiger charge is -2.13. The Morgan fingerprint density at radius 3 is 2.66 bits per heavy atom. The van der Waals surface area contributed by atoms with Crippen molar-refractivity contribution in [2.75, 3.05) is 12.4 Å². The smallest absolute Gasteiger partial charge is 0.178 e. The lowest BCUT2D eigenvalue weighted by atomic mass is 10.2. The van der Waals surface area contributed by atoms with E-state index >= 15 is 0 Å². The lowest BCUT2D eigenvalue weighted by molar-refractivity contribution is 0.415. The molecule has 3 aromatic heterocycles. The number of anilines is 1. The molecule has 1 atom stereocenters. The van der Waals surface area contributed by atoms with E-state index < -0.39 is 0 Å². The van der Waals surface area contributed by atoms with Gasteiger partial charge in [0, 0.05) is 16.4 Å². The summed E-state index contributed by atoms with van der Waals surface area (Å²) in [5.74, 6) is 3.12. The number of aryl methyl sites for hydroxylation is 1. The molecule has 4 aromatic rings. The normalized spacial score (nSPS) is 14.9. The zero-order valence-electron chi connectivity index (χ0n) is 16.6. The van der Waals surface area contributed by atoms with Crippen LogP contribution in [0.3, 0.4) is 0 Å². The van der Waals surface area contributed by atoms with Crippen LogP contribution in [0.5, 0.6) is 5.75 Å². The number of fused-ring (bicyclic) bond motifs is 1.